The van der Waals surface area contributed by atoms with E-state index in [4.69, 9.17) is 9.47 Å². The number of morpholine rings is 1. The quantitative estimate of drug-likeness (QED) is 0.736. The third kappa shape index (κ3) is 2.94. The van der Waals surface area contributed by atoms with Crippen LogP contribution in [0, 0.1) is 17.8 Å². The van der Waals surface area contributed by atoms with Crippen LogP contribution < -0.4 is 0 Å². The molecule has 3 saturated heterocycles. The second-order valence-electron chi connectivity index (χ2n) is 9.01. The molecule has 150 valence electrons. The zero-order valence-corrected chi connectivity index (χ0v) is 16.4. The summed E-state index contributed by atoms with van der Waals surface area (Å²) in [5, 5.41) is 0. The van der Waals surface area contributed by atoms with Crippen LogP contribution in [0.2, 0.25) is 0 Å². The van der Waals surface area contributed by atoms with Gasteiger partial charge in [0.05, 0.1) is 32.4 Å². The van der Waals surface area contributed by atoms with Crippen molar-refractivity contribution < 1.29 is 19.1 Å². The highest BCUT2D eigenvalue weighted by Gasteiger charge is 2.62. The van der Waals surface area contributed by atoms with Gasteiger partial charge in [-0.05, 0) is 44.4 Å². The van der Waals surface area contributed by atoms with Gasteiger partial charge in [0.25, 0.3) is 0 Å². The molecule has 0 N–H and O–H groups in total. The molecule has 0 aromatic heterocycles. The van der Waals surface area contributed by atoms with Gasteiger partial charge in [-0.25, -0.2) is 4.79 Å². The maximum Gasteiger partial charge on any atom is 0.410 e. The minimum atomic E-state index is -0.221. The van der Waals surface area contributed by atoms with Crippen LogP contribution in [0.5, 0.6) is 0 Å². The first-order valence-corrected chi connectivity index (χ1v) is 10.6. The minimum absolute atomic E-state index is 0.120. The first-order valence-electron chi connectivity index (χ1n) is 10.6. The molecule has 5 atom stereocenters. The molecule has 0 aromatic rings. The van der Waals surface area contributed by atoms with Gasteiger partial charge in [0.15, 0.2) is 0 Å². The first-order chi connectivity index (χ1) is 13.1. The largest absolute Gasteiger partial charge is 0.453 e. The van der Waals surface area contributed by atoms with Crippen LogP contribution >= 0.6 is 0 Å². The van der Waals surface area contributed by atoms with Gasteiger partial charge in [0, 0.05) is 37.6 Å². The number of hydrogen-bond acceptors (Lipinski definition) is 5. The lowest BCUT2D eigenvalue weighted by atomic mass is 9.89. The number of amides is 2. The molecule has 2 aliphatic carbocycles. The minimum Gasteiger partial charge on any atom is -0.453 e. The molecule has 0 spiro atoms. The smallest absolute Gasteiger partial charge is 0.410 e. The maximum absolute atomic E-state index is 12.9. The number of ether oxygens (including phenoxy) is 2. The summed E-state index contributed by atoms with van der Waals surface area (Å²) in [6, 6.07) is 1.27. The Hall–Kier alpha value is -1.34. The average molecular weight is 377 g/mol. The van der Waals surface area contributed by atoms with Crippen molar-refractivity contribution in [3.8, 4) is 0 Å². The van der Waals surface area contributed by atoms with E-state index < -0.39 is 0 Å². The number of likely N-dealkylation sites (tertiary alicyclic amines) is 1. The number of methoxy groups -OCH3 is 1. The Kier molecular flexibility index (Phi) is 4.35. The van der Waals surface area contributed by atoms with Gasteiger partial charge in [-0.3, -0.25) is 14.6 Å². The van der Waals surface area contributed by atoms with Gasteiger partial charge in [0.1, 0.15) is 0 Å². The summed E-state index contributed by atoms with van der Waals surface area (Å²) in [6.07, 6.45) is 4.07. The Morgan fingerprint density at radius 2 is 1.70 bits per heavy atom. The van der Waals surface area contributed by atoms with Crippen molar-refractivity contribution >= 4 is 12.0 Å². The van der Waals surface area contributed by atoms with Crippen LogP contribution in [-0.2, 0) is 14.3 Å². The van der Waals surface area contributed by atoms with E-state index in [2.05, 4.69) is 16.7 Å². The van der Waals surface area contributed by atoms with E-state index >= 15 is 0 Å². The topological polar surface area (TPSA) is 62.3 Å². The standard InChI is InChI=1S/C20H31N3O4/c1-3-22(12-4-5-12)19(24)18-16-8-21(9-17(16)18)13-6-14-10-27-11-15(7-13)23(14)20(25)26-2/h12-18H,3-11H2,1-2H3/t13?,14?,15?,16-,17+,18-. The molecular weight excluding hydrogens is 346 g/mol. The van der Waals surface area contributed by atoms with E-state index in [9.17, 15) is 9.59 Å². The van der Waals surface area contributed by atoms with Crippen molar-refractivity contribution in [2.75, 3.05) is 40.0 Å². The van der Waals surface area contributed by atoms with Crippen LogP contribution in [0.4, 0.5) is 4.79 Å². The number of nitrogens with zero attached hydrogens (tertiary/aromatic N) is 3. The third-order valence-corrected chi connectivity index (χ3v) is 7.52. The van der Waals surface area contributed by atoms with E-state index in [1.807, 2.05) is 4.90 Å². The molecule has 5 fully saturated rings. The van der Waals surface area contributed by atoms with Crippen molar-refractivity contribution in [2.45, 2.75) is 56.8 Å². The number of rotatable bonds is 4. The Morgan fingerprint density at radius 1 is 1.07 bits per heavy atom. The molecule has 5 rings (SSSR count). The van der Waals surface area contributed by atoms with Gasteiger partial charge in [0.2, 0.25) is 5.91 Å². The van der Waals surface area contributed by atoms with Crippen LogP contribution in [-0.4, -0.2) is 90.8 Å². The summed E-state index contributed by atoms with van der Waals surface area (Å²) >= 11 is 0. The lowest BCUT2D eigenvalue weighted by molar-refractivity contribution is -0.134. The molecule has 3 aliphatic heterocycles. The monoisotopic (exact) mass is 377 g/mol. The van der Waals surface area contributed by atoms with Gasteiger partial charge in [-0.2, -0.15) is 0 Å². The predicted octanol–water partition coefficient (Wildman–Crippen LogP) is 1.17. The van der Waals surface area contributed by atoms with Crippen molar-refractivity contribution in [1.82, 2.24) is 14.7 Å². The van der Waals surface area contributed by atoms with E-state index in [1.54, 1.807) is 0 Å². The summed E-state index contributed by atoms with van der Waals surface area (Å²) in [5.41, 5.74) is 0. The summed E-state index contributed by atoms with van der Waals surface area (Å²) in [4.78, 5) is 31.6. The highest BCUT2D eigenvalue weighted by Crippen LogP contribution is 2.54. The van der Waals surface area contributed by atoms with Crippen molar-refractivity contribution in [3.63, 3.8) is 0 Å². The molecule has 3 heterocycles. The van der Waals surface area contributed by atoms with Gasteiger partial charge in [-0.15, -0.1) is 0 Å². The second-order valence-corrected chi connectivity index (χ2v) is 9.01. The molecule has 2 saturated carbocycles. The van der Waals surface area contributed by atoms with Crippen LogP contribution in [0.1, 0.15) is 32.6 Å². The maximum atomic E-state index is 12.9. The van der Waals surface area contributed by atoms with E-state index in [1.165, 1.54) is 20.0 Å². The Bertz CT molecular complexity index is 598. The van der Waals surface area contributed by atoms with E-state index in [0.29, 0.717) is 43.0 Å². The number of carbonyl (C=O) groups excluding carboxylic acids is 2. The van der Waals surface area contributed by atoms with Crippen molar-refractivity contribution in [2.24, 2.45) is 17.8 Å². The van der Waals surface area contributed by atoms with E-state index in [0.717, 1.165) is 32.5 Å². The highest BCUT2D eigenvalue weighted by molar-refractivity contribution is 5.83. The van der Waals surface area contributed by atoms with E-state index in [-0.39, 0.29) is 24.1 Å². The van der Waals surface area contributed by atoms with Gasteiger partial charge < -0.3 is 14.4 Å². The fourth-order valence-electron chi connectivity index (χ4n) is 5.98. The van der Waals surface area contributed by atoms with Gasteiger partial charge in [-0.1, -0.05) is 0 Å². The molecule has 0 radical (unpaired) electrons. The lowest BCUT2D eigenvalue weighted by Crippen LogP contribution is -2.62. The highest BCUT2D eigenvalue weighted by atomic mass is 16.5. The van der Waals surface area contributed by atoms with Crippen LogP contribution in [0.15, 0.2) is 0 Å². The number of hydrogen-bond donors (Lipinski definition) is 0. The molecule has 2 bridgehead atoms. The lowest BCUT2D eigenvalue weighted by Gasteiger charge is -2.49. The summed E-state index contributed by atoms with van der Waals surface area (Å²) in [5.74, 6) is 1.81. The van der Waals surface area contributed by atoms with Crippen molar-refractivity contribution in [1.29, 1.82) is 0 Å². The molecule has 5 aliphatic rings. The molecule has 2 amide bonds. The molecule has 7 nitrogen and oxygen atoms in total. The molecule has 0 aromatic carbocycles. The first kappa shape index (κ1) is 17.7. The fourth-order valence-corrected chi connectivity index (χ4v) is 5.98. The predicted molar refractivity (Wildman–Crippen MR) is 98.1 cm³/mol. The molecule has 27 heavy (non-hydrogen) atoms. The fraction of sp³-hybridized carbons (Fsp3) is 0.900. The normalized spacial score (nSPS) is 40.4. The molecule has 7 heteroatoms. The molecular formula is C20H31N3O4. The number of piperidine rings is 2. The SMILES string of the molecule is CCN(C(=O)[C@@H]1[C@@H]2CN(C3CC4COCC(C3)N4C(=O)OC)C[C@@H]21)C1CC1. The number of fused-ring (bicyclic) bond motifs is 3. The Labute approximate surface area is 160 Å². The number of carbonyl (C=O) groups is 2. The third-order valence-electron chi connectivity index (χ3n) is 7.52. The Balaban J connectivity index is 1.19. The Morgan fingerprint density at radius 3 is 2.22 bits per heavy atom. The summed E-state index contributed by atoms with van der Waals surface area (Å²) < 4.78 is 10.7. The molecule has 2 unspecified atom stereocenters. The zero-order valence-electron chi connectivity index (χ0n) is 16.4. The summed E-state index contributed by atoms with van der Waals surface area (Å²) in [7, 11) is 1.46. The average Bonchev–Trinajstić information content (AvgIpc) is 3.58. The van der Waals surface area contributed by atoms with Crippen LogP contribution in [0.3, 0.4) is 0 Å². The zero-order chi connectivity index (χ0) is 18.7. The second kappa shape index (κ2) is 6.62. The summed E-state index contributed by atoms with van der Waals surface area (Å²) in [6.45, 7) is 6.28. The van der Waals surface area contributed by atoms with Gasteiger partial charge >= 0.3 is 6.09 Å². The van der Waals surface area contributed by atoms with Crippen molar-refractivity contribution in [3.05, 3.63) is 0 Å². The van der Waals surface area contributed by atoms with Crippen LogP contribution in [0.25, 0.3) is 0 Å².